The van der Waals surface area contributed by atoms with Crippen LogP contribution in [-0.2, 0) is 6.42 Å². The lowest BCUT2D eigenvalue weighted by molar-refractivity contribution is 1.21. The quantitative estimate of drug-likeness (QED) is 0.638. The van der Waals surface area contributed by atoms with Gasteiger partial charge in [0.1, 0.15) is 0 Å². The monoisotopic (exact) mass is 177 g/mol. The molecular weight excluding hydrogens is 170 g/mol. The predicted molar refractivity (Wildman–Crippen MR) is 49.9 cm³/mol. The number of nitrogens with zero attached hydrogens (tertiary/aromatic N) is 1. The first kappa shape index (κ1) is 8.83. The summed E-state index contributed by atoms with van der Waals surface area (Å²) in [5.74, 6) is 0. The van der Waals surface area contributed by atoms with Crippen molar-refractivity contribution in [1.82, 2.24) is 0 Å². The Morgan fingerprint density at radius 3 is 2.50 bits per heavy atom. The van der Waals surface area contributed by atoms with Crippen LogP contribution in [0.15, 0.2) is 36.4 Å². The predicted octanol–water partition coefficient (Wildman–Crippen LogP) is 2.96. The van der Waals surface area contributed by atoms with Crippen molar-refractivity contribution in [3.05, 3.63) is 47.0 Å². The molecule has 0 aliphatic heterocycles. The first-order chi connectivity index (χ1) is 5.72. The summed E-state index contributed by atoms with van der Waals surface area (Å²) in [6.07, 6.45) is 0.605. The Bertz CT molecular complexity index is 319. The van der Waals surface area contributed by atoms with Gasteiger partial charge in [-0.1, -0.05) is 30.3 Å². The summed E-state index contributed by atoms with van der Waals surface area (Å²) in [5.41, 5.74) is 1.63. The van der Waals surface area contributed by atoms with Gasteiger partial charge in [-0.25, -0.2) is 0 Å². The first-order valence-electron chi connectivity index (χ1n) is 3.54. The molecule has 1 nitrogen and oxygen atoms in total. The minimum absolute atomic E-state index is 0.567. The van der Waals surface area contributed by atoms with Gasteiger partial charge in [0, 0.05) is 17.0 Å². The molecule has 2 heteroatoms. The third-order valence-corrected chi connectivity index (χ3v) is 1.74. The maximum Gasteiger partial charge on any atom is 0.0944 e. The topological polar surface area (TPSA) is 23.8 Å². The standard InChI is InChI=1S/C10H8ClN/c1-8(7-12)6-9-2-4-10(11)5-3-9/h2-5H,1,6H2. The van der Waals surface area contributed by atoms with E-state index in [1.54, 1.807) is 0 Å². The molecule has 0 fully saturated rings. The minimum Gasteiger partial charge on any atom is -0.193 e. The molecular formula is C10H8ClN. The minimum atomic E-state index is 0.567. The van der Waals surface area contributed by atoms with Crippen molar-refractivity contribution in [2.24, 2.45) is 0 Å². The van der Waals surface area contributed by atoms with Gasteiger partial charge in [-0.2, -0.15) is 5.26 Å². The van der Waals surface area contributed by atoms with E-state index in [-0.39, 0.29) is 0 Å². The van der Waals surface area contributed by atoms with Gasteiger partial charge in [0.15, 0.2) is 0 Å². The van der Waals surface area contributed by atoms with Gasteiger partial charge in [0.05, 0.1) is 6.07 Å². The second-order valence-corrected chi connectivity index (χ2v) is 2.96. The lowest BCUT2D eigenvalue weighted by Crippen LogP contribution is -1.85. The average molecular weight is 178 g/mol. The molecule has 0 radical (unpaired) electrons. The van der Waals surface area contributed by atoms with E-state index in [1.807, 2.05) is 30.3 Å². The number of halogens is 1. The Balaban J connectivity index is 2.73. The lowest BCUT2D eigenvalue weighted by atomic mass is 10.1. The second-order valence-electron chi connectivity index (χ2n) is 2.52. The van der Waals surface area contributed by atoms with Gasteiger partial charge < -0.3 is 0 Å². The highest BCUT2D eigenvalue weighted by Gasteiger charge is 1.95. The third kappa shape index (κ3) is 2.41. The number of nitriles is 1. The van der Waals surface area contributed by atoms with Crippen molar-refractivity contribution in [3.8, 4) is 6.07 Å². The summed E-state index contributed by atoms with van der Waals surface area (Å²) >= 11 is 5.69. The zero-order valence-corrected chi connectivity index (χ0v) is 7.30. The number of allylic oxidation sites excluding steroid dienone is 1. The average Bonchev–Trinajstić information content (AvgIpc) is 2.09. The third-order valence-electron chi connectivity index (χ3n) is 1.49. The zero-order chi connectivity index (χ0) is 8.97. The van der Waals surface area contributed by atoms with Crippen molar-refractivity contribution < 1.29 is 0 Å². The Morgan fingerprint density at radius 2 is 2.00 bits per heavy atom. The molecule has 1 aromatic carbocycles. The van der Waals surface area contributed by atoms with Crippen LogP contribution in [0.2, 0.25) is 5.02 Å². The highest BCUT2D eigenvalue weighted by Crippen LogP contribution is 2.11. The van der Waals surface area contributed by atoms with E-state index in [9.17, 15) is 0 Å². The molecule has 0 heterocycles. The molecule has 60 valence electrons. The van der Waals surface area contributed by atoms with Gasteiger partial charge >= 0.3 is 0 Å². The molecule has 1 rings (SSSR count). The molecule has 0 amide bonds. The van der Waals surface area contributed by atoms with Crippen LogP contribution in [0.25, 0.3) is 0 Å². The Labute approximate surface area is 76.9 Å². The molecule has 0 aliphatic carbocycles. The van der Waals surface area contributed by atoms with Crippen LogP contribution in [0.5, 0.6) is 0 Å². The van der Waals surface area contributed by atoms with Crippen molar-refractivity contribution in [3.63, 3.8) is 0 Å². The molecule has 0 aliphatic rings. The summed E-state index contributed by atoms with van der Waals surface area (Å²) in [7, 11) is 0. The summed E-state index contributed by atoms with van der Waals surface area (Å²) in [5, 5.41) is 9.18. The van der Waals surface area contributed by atoms with Gasteiger partial charge in [-0.15, -0.1) is 0 Å². The van der Waals surface area contributed by atoms with Crippen molar-refractivity contribution in [2.75, 3.05) is 0 Å². The van der Waals surface area contributed by atoms with Gasteiger partial charge in [0.25, 0.3) is 0 Å². The van der Waals surface area contributed by atoms with E-state index in [1.165, 1.54) is 0 Å². The molecule has 1 aromatic rings. The summed E-state index contributed by atoms with van der Waals surface area (Å²) in [4.78, 5) is 0. The van der Waals surface area contributed by atoms with Crippen LogP contribution in [0.3, 0.4) is 0 Å². The molecule has 0 bridgehead atoms. The van der Waals surface area contributed by atoms with E-state index < -0.39 is 0 Å². The fourth-order valence-corrected chi connectivity index (χ4v) is 1.01. The number of hydrogen-bond acceptors (Lipinski definition) is 1. The molecule has 0 saturated heterocycles. The first-order valence-corrected chi connectivity index (χ1v) is 3.92. The summed E-state index contributed by atoms with van der Waals surface area (Å²) in [6.45, 7) is 3.60. The van der Waals surface area contributed by atoms with Gasteiger partial charge in [-0.3, -0.25) is 0 Å². The van der Waals surface area contributed by atoms with E-state index in [0.29, 0.717) is 17.0 Å². The number of benzene rings is 1. The van der Waals surface area contributed by atoms with Crippen molar-refractivity contribution in [1.29, 1.82) is 5.26 Å². The highest BCUT2D eigenvalue weighted by atomic mass is 35.5. The van der Waals surface area contributed by atoms with E-state index in [4.69, 9.17) is 16.9 Å². The lowest BCUT2D eigenvalue weighted by Gasteiger charge is -1.97. The van der Waals surface area contributed by atoms with Crippen LogP contribution in [0.4, 0.5) is 0 Å². The maximum absolute atomic E-state index is 8.48. The van der Waals surface area contributed by atoms with Crippen LogP contribution >= 0.6 is 11.6 Å². The van der Waals surface area contributed by atoms with Gasteiger partial charge in [-0.05, 0) is 17.7 Å². The Hall–Kier alpha value is -1.26. The Morgan fingerprint density at radius 1 is 1.42 bits per heavy atom. The number of rotatable bonds is 2. The summed E-state index contributed by atoms with van der Waals surface area (Å²) in [6, 6.07) is 9.40. The molecule has 0 saturated carbocycles. The molecule has 12 heavy (non-hydrogen) atoms. The van der Waals surface area contributed by atoms with E-state index in [2.05, 4.69) is 6.58 Å². The van der Waals surface area contributed by atoms with E-state index in [0.717, 1.165) is 5.56 Å². The Kier molecular flexibility index (Phi) is 2.90. The molecule has 0 spiro atoms. The highest BCUT2D eigenvalue weighted by molar-refractivity contribution is 6.30. The van der Waals surface area contributed by atoms with Gasteiger partial charge in [0.2, 0.25) is 0 Å². The van der Waals surface area contributed by atoms with Crippen LogP contribution in [-0.4, -0.2) is 0 Å². The van der Waals surface area contributed by atoms with Crippen molar-refractivity contribution in [2.45, 2.75) is 6.42 Å². The molecule has 0 N–H and O–H groups in total. The van der Waals surface area contributed by atoms with Crippen LogP contribution in [0, 0.1) is 11.3 Å². The molecule has 0 atom stereocenters. The fourth-order valence-electron chi connectivity index (χ4n) is 0.888. The summed E-state index contributed by atoms with van der Waals surface area (Å²) < 4.78 is 0. The number of hydrogen-bond donors (Lipinski definition) is 0. The largest absolute Gasteiger partial charge is 0.193 e. The second kappa shape index (κ2) is 3.94. The molecule has 0 unspecified atom stereocenters. The smallest absolute Gasteiger partial charge is 0.0944 e. The normalized spacial score (nSPS) is 9.00. The van der Waals surface area contributed by atoms with Crippen molar-refractivity contribution >= 4 is 11.6 Å². The SMILES string of the molecule is C=C(C#N)Cc1ccc(Cl)cc1. The van der Waals surface area contributed by atoms with Crippen LogP contribution in [0.1, 0.15) is 5.56 Å². The fraction of sp³-hybridized carbons (Fsp3) is 0.100. The van der Waals surface area contributed by atoms with E-state index >= 15 is 0 Å². The maximum atomic E-state index is 8.48. The van der Waals surface area contributed by atoms with Crippen LogP contribution < -0.4 is 0 Å². The zero-order valence-electron chi connectivity index (χ0n) is 6.55. The molecule has 0 aromatic heterocycles.